The van der Waals surface area contributed by atoms with Crippen molar-refractivity contribution in [3.8, 4) is 0 Å². The van der Waals surface area contributed by atoms with Crippen LogP contribution in [0.1, 0.15) is 60.9 Å². The summed E-state index contributed by atoms with van der Waals surface area (Å²) in [5.41, 5.74) is 2.56. The Morgan fingerprint density at radius 1 is 1.22 bits per heavy atom. The van der Waals surface area contributed by atoms with Gasteiger partial charge in [0.25, 0.3) is 0 Å². The number of aromatic nitrogens is 2. The van der Waals surface area contributed by atoms with Gasteiger partial charge in [-0.3, -0.25) is 4.90 Å². The Morgan fingerprint density at radius 3 is 2.87 bits per heavy atom. The third-order valence-electron chi connectivity index (χ3n) is 5.01. The van der Waals surface area contributed by atoms with E-state index < -0.39 is 0 Å². The van der Waals surface area contributed by atoms with Gasteiger partial charge in [0.1, 0.15) is 11.6 Å². The lowest BCUT2D eigenvalue weighted by Gasteiger charge is -2.28. The van der Waals surface area contributed by atoms with E-state index in [9.17, 15) is 0 Å². The highest BCUT2D eigenvalue weighted by Crippen LogP contribution is 2.31. The van der Waals surface area contributed by atoms with Crippen LogP contribution in [0.15, 0.2) is 22.7 Å². The largest absolute Gasteiger partial charge is 0.454 e. The second-order valence-corrected chi connectivity index (χ2v) is 7.76. The molecule has 122 valence electrons. The first-order valence-corrected chi connectivity index (χ1v) is 9.67. The predicted octanol–water partition coefficient (Wildman–Crippen LogP) is 4.28. The molecule has 2 aromatic rings. The third kappa shape index (κ3) is 3.60. The van der Waals surface area contributed by atoms with Crippen LogP contribution >= 0.6 is 22.6 Å². The van der Waals surface area contributed by atoms with Gasteiger partial charge in [-0.25, -0.2) is 9.97 Å². The number of hydrogen-bond acceptors (Lipinski definition) is 4. The van der Waals surface area contributed by atoms with Gasteiger partial charge in [0.05, 0.1) is 6.54 Å². The molecule has 1 saturated carbocycles. The second-order valence-electron chi connectivity index (χ2n) is 6.70. The van der Waals surface area contributed by atoms with E-state index in [4.69, 9.17) is 14.4 Å². The smallest absolute Gasteiger partial charge is 0.164 e. The highest BCUT2D eigenvalue weighted by atomic mass is 127. The van der Waals surface area contributed by atoms with Crippen molar-refractivity contribution in [2.75, 3.05) is 6.54 Å². The molecule has 2 aliphatic rings. The van der Waals surface area contributed by atoms with E-state index in [1.165, 1.54) is 43.4 Å². The van der Waals surface area contributed by atoms with Crippen LogP contribution in [0.2, 0.25) is 0 Å². The van der Waals surface area contributed by atoms with E-state index in [-0.39, 0.29) is 0 Å². The van der Waals surface area contributed by atoms with Gasteiger partial charge in [-0.1, -0.05) is 19.3 Å². The molecular formula is C18H22IN3O. The van der Waals surface area contributed by atoms with Crippen LogP contribution in [0, 0.1) is 3.77 Å². The standard InChI is InChI=1S/C18H22IN3O/c19-17-7-6-15(23-17)12-22-9-8-16-14(11-22)10-20-18(21-16)13-4-2-1-3-5-13/h6-7,10,13H,1-5,8-9,11-12H2. The highest BCUT2D eigenvalue weighted by Gasteiger charge is 2.23. The Balaban J connectivity index is 1.45. The quantitative estimate of drug-likeness (QED) is 0.692. The molecule has 4 rings (SSSR count). The summed E-state index contributed by atoms with van der Waals surface area (Å²) in [5.74, 6) is 2.73. The number of rotatable bonds is 3. The summed E-state index contributed by atoms with van der Waals surface area (Å²) in [4.78, 5) is 12.0. The molecule has 23 heavy (non-hydrogen) atoms. The minimum Gasteiger partial charge on any atom is -0.454 e. The number of furan rings is 1. The Hall–Kier alpha value is -0.950. The zero-order valence-corrected chi connectivity index (χ0v) is 15.5. The van der Waals surface area contributed by atoms with Gasteiger partial charge in [-0.2, -0.15) is 0 Å². The van der Waals surface area contributed by atoms with E-state index in [0.717, 1.165) is 41.4 Å². The number of hydrogen-bond donors (Lipinski definition) is 0. The van der Waals surface area contributed by atoms with Gasteiger partial charge in [0, 0.05) is 42.9 Å². The van der Waals surface area contributed by atoms with Crippen molar-refractivity contribution < 1.29 is 4.42 Å². The van der Waals surface area contributed by atoms with Crippen LogP contribution in [-0.2, 0) is 19.5 Å². The van der Waals surface area contributed by atoms with E-state index >= 15 is 0 Å². The van der Waals surface area contributed by atoms with Crippen molar-refractivity contribution in [3.63, 3.8) is 0 Å². The van der Waals surface area contributed by atoms with Gasteiger partial charge in [0.2, 0.25) is 0 Å². The molecule has 4 nitrogen and oxygen atoms in total. The fourth-order valence-corrected chi connectivity index (χ4v) is 4.20. The first-order chi connectivity index (χ1) is 11.3. The van der Waals surface area contributed by atoms with E-state index in [1.54, 1.807) is 0 Å². The summed E-state index contributed by atoms with van der Waals surface area (Å²) >= 11 is 2.21. The van der Waals surface area contributed by atoms with Crippen molar-refractivity contribution in [2.24, 2.45) is 0 Å². The molecule has 1 aliphatic heterocycles. The van der Waals surface area contributed by atoms with Crippen molar-refractivity contribution in [1.82, 2.24) is 14.9 Å². The van der Waals surface area contributed by atoms with Crippen molar-refractivity contribution in [1.29, 1.82) is 0 Å². The Bertz CT molecular complexity index is 679. The van der Waals surface area contributed by atoms with Crippen LogP contribution < -0.4 is 0 Å². The first kappa shape index (κ1) is 15.6. The molecule has 2 aromatic heterocycles. The van der Waals surface area contributed by atoms with Crippen molar-refractivity contribution >= 4 is 22.6 Å². The highest BCUT2D eigenvalue weighted by molar-refractivity contribution is 14.1. The van der Waals surface area contributed by atoms with E-state index in [0.29, 0.717) is 5.92 Å². The molecule has 1 fully saturated rings. The van der Waals surface area contributed by atoms with Crippen LogP contribution in [0.25, 0.3) is 0 Å². The fourth-order valence-electron chi connectivity index (χ4n) is 3.74. The molecule has 0 bridgehead atoms. The average molecular weight is 423 g/mol. The van der Waals surface area contributed by atoms with Crippen molar-refractivity contribution in [3.05, 3.63) is 44.9 Å². The van der Waals surface area contributed by atoms with E-state index in [1.807, 2.05) is 6.07 Å². The first-order valence-electron chi connectivity index (χ1n) is 8.59. The molecule has 0 spiro atoms. The van der Waals surface area contributed by atoms with Crippen LogP contribution in [0.4, 0.5) is 0 Å². The number of nitrogens with zero attached hydrogens (tertiary/aromatic N) is 3. The molecule has 5 heteroatoms. The summed E-state index contributed by atoms with van der Waals surface area (Å²) in [6.45, 7) is 2.84. The van der Waals surface area contributed by atoms with Gasteiger partial charge in [0.15, 0.2) is 3.77 Å². The van der Waals surface area contributed by atoms with Crippen molar-refractivity contribution in [2.45, 2.75) is 57.5 Å². The summed E-state index contributed by atoms with van der Waals surface area (Å²) in [5, 5.41) is 0. The molecule has 0 atom stereocenters. The monoisotopic (exact) mass is 423 g/mol. The van der Waals surface area contributed by atoms with Crippen LogP contribution in [0.5, 0.6) is 0 Å². The van der Waals surface area contributed by atoms with Crippen LogP contribution in [0.3, 0.4) is 0 Å². The lowest BCUT2D eigenvalue weighted by molar-refractivity contribution is 0.221. The summed E-state index contributed by atoms with van der Waals surface area (Å²) < 4.78 is 6.64. The molecular weight excluding hydrogens is 401 g/mol. The molecule has 0 saturated heterocycles. The summed E-state index contributed by atoms with van der Waals surface area (Å²) in [6.07, 6.45) is 9.67. The maximum Gasteiger partial charge on any atom is 0.164 e. The number of halogens is 1. The minimum absolute atomic E-state index is 0.595. The number of fused-ring (bicyclic) bond motifs is 1. The normalized spacial score (nSPS) is 19.7. The van der Waals surface area contributed by atoms with Gasteiger partial charge in [-0.05, 0) is 47.6 Å². The van der Waals surface area contributed by atoms with E-state index in [2.05, 4.69) is 39.8 Å². The fraction of sp³-hybridized carbons (Fsp3) is 0.556. The van der Waals surface area contributed by atoms with Gasteiger partial charge in [-0.15, -0.1) is 0 Å². The molecule has 0 N–H and O–H groups in total. The molecule has 0 aromatic carbocycles. The molecule has 0 unspecified atom stereocenters. The maximum absolute atomic E-state index is 5.69. The Kier molecular flexibility index (Phi) is 4.66. The Morgan fingerprint density at radius 2 is 2.09 bits per heavy atom. The molecule has 3 heterocycles. The molecule has 0 radical (unpaired) electrons. The maximum atomic E-state index is 5.69. The minimum atomic E-state index is 0.595. The molecule has 0 amide bonds. The molecule has 1 aliphatic carbocycles. The van der Waals surface area contributed by atoms with Crippen LogP contribution in [-0.4, -0.2) is 21.4 Å². The average Bonchev–Trinajstić information content (AvgIpc) is 3.00. The second kappa shape index (κ2) is 6.89. The van der Waals surface area contributed by atoms with Gasteiger partial charge < -0.3 is 4.42 Å². The lowest BCUT2D eigenvalue weighted by atomic mass is 9.88. The van der Waals surface area contributed by atoms with Gasteiger partial charge >= 0.3 is 0 Å². The zero-order chi connectivity index (χ0) is 15.6. The SMILES string of the molecule is Ic1ccc(CN2CCc3nc(C4CCCCC4)ncc3C2)o1. The third-order valence-corrected chi connectivity index (χ3v) is 5.59. The predicted molar refractivity (Wildman–Crippen MR) is 97.1 cm³/mol. The topological polar surface area (TPSA) is 42.2 Å². The Labute approximate surface area is 150 Å². The zero-order valence-electron chi connectivity index (χ0n) is 13.3. The lowest BCUT2D eigenvalue weighted by Crippen LogP contribution is -2.31. The summed E-state index contributed by atoms with van der Waals surface area (Å²) in [7, 11) is 0. The summed E-state index contributed by atoms with van der Waals surface area (Å²) in [6, 6.07) is 4.09.